The minimum absolute atomic E-state index is 0.315. The van der Waals surface area contributed by atoms with Gasteiger partial charge in [0.1, 0.15) is 11.7 Å². The third-order valence-electron chi connectivity index (χ3n) is 4.53. The van der Waals surface area contributed by atoms with Crippen molar-refractivity contribution in [1.29, 1.82) is 0 Å². The molecule has 0 unspecified atom stereocenters. The maximum atomic E-state index is 12.8. The van der Waals surface area contributed by atoms with Gasteiger partial charge in [0.15, 0.2) is 5.65 Å². The molecule has 0 bridgehead atoms. The summed E-state index contributed by atoms with van der Waals surface area (Å²) in [5.74, 6) is -0.411. The number of carbonyl (C=O) groups excluding carboxylic acids is 1. The summed E-state index contributed by atoms with van der Waals surface area (Å²) in [6.07, 6.45) is 2.75. The van der Waals surface area contributed by atoms with E-state index in [1.165, 1.54) is 18.1 Å². The number of rotatable bonds is 3. The van der Waals surface area contributed by atoms with Gasteiger partial charge in [-0.2, -0.15) is 5.10 Å². The minimum atomic E-state index is -0.411. The highest BCUT2D eigenvalue weighted by atomic mass is 79.9. The zero-order valence-electron chi connectivity index (χ0n) is 15.2. The van der Waals surface area contributed by atoms with Gasteiger partial charge in [0.2, 0.25) is 0 Å². The number of halogens is 1. The first-order valence-corrected chi connectivity index (χ1v) is 9.33. The highest BCUT2D eigenvalue weighted by Gasteiger charge is 2.14. The molecule has 2 heterocycles. The molecule has 0 radical (unpaired) electrons. The van der Waals surface area contributed by atoms with Crippen LogP contribution in [0.5, 0.6) is 0 Å². The second kappa shape index (κ2) is 7.05. The van der Waals surface area contributed by atoms with Crippen LogP contribution in [0, 0.1) is 13.8 Å². The number of amides is 1. The lowest BCUT2D eigenvalue weighted by atomic mass is 10.1. The summed E-state index contributed by atoms with van der Waals surface area (Å²) in [4.78, 5) is 29.5. The second-order valence-corrected chi connectivity index (χ2v) is 7.35. The summed E-state index contributed by atoms with van der Waals surface area (Å²) < 4.78 is 3.46. The molecular weight excluding hydrogens is 422 g/mol. The van der Waals surface area contributed by atoms with Gasteiger partial charge in [0.05, 0.1) is 11.9 Å². The van der Waals surface area contributed by atoms with Crippen molar-refractivity contribution in [1.82, 2.24) is 19.4 Å². The molecule has 4 aromatic rings. The molecule has 0 spiro atoms. The number of carbonyl (C=O) groups is 1. The van der Waals surface area contributed by atoms with Gasteiger partial charge in [-0.25, -0.2) is 14.3 Å². The monoisotopic (exact) mass is 437 g/mol. The van der Waals surface area contributed by atoms with Crippen molar-refractivity contribution in [2.45, 2.75) is 13.8 Å². The molecule has 0 atom stereocenters. The number of fused-ring (bicyclic) bond motifs is 1. The fourth-order valence-electron chi connectivity index (χ4n) is 2.84. The maximum absolute atomic E-state index is 12.8. The molecule has 1 N–H and O–H groups in total. The zero-order chi connectivity index (χ0) is 19.8. The van der Waals surface area contributed by atoms with Crippen LogP contribution < -0.4 is 11.0 Å². The maximum Gasteiger partial charge on any atom is 0.283 e. The average Bonchev–Trinajstić information content (AvgIpc) is 3.11. The van der Waals surface area contributed by atoms with E-state index in [4.69, 9.17) is 0 Å². The molecule has 0 aliphatic carbocycles. The van der Waals surface area contributed by atoms with Gasteiger partial charge in [0, 0.05) is 10.0 Å². The van der Waals surface area contributed by atoms with Crippen LogP contribution in [0.25, 0.3) is 16.7 Å². The van der Waals surface area contributed by atoms with E-state index in [-0.39, 0.29) is 0 Å². The van der Waals surface area contributed by atoms with Crippen LogP contribution in [0.15, 0.2) is 64.3 Å². The van der Waals surface area contributed by atoms with E-state index >= 15 is 0 Å². The first-order valence-electron chi connectivity index (χ1n) is 8.54. The van der Waals surface area contributed by atoms with E-state index in [1.54, 1.807) is 22.9 Å². The molecule has 7 nitrogen and oxygen atoms in total. The Bertz CT molecular complexity index is 1280. The zero-order valence-corrected chi connectivity index (χ0v) is 16.8. The van der Waals surface area contributed by atoms with Crippen LogP contribution in [-0.2, 0) is 0 Å². The van der Waals surface area contributed by atoms with Crippen molar-refractivity contribution in [2.75, 3.05) is 5.43 Å². The van der Waals surface area contributed by atoms with E-state index in [9.17, 15) is 9.59 Å². The molecule has 0 fully saturated rings. The molecule has 0 aliphatic heterocycles. The van der Waals surface area contributed by atoms with Gasteiger partial charge in [-0.1, -0.05) is 28.1 Å². The van der Waals surface area contributed by atoms with E-state index in [0.717, 1.165) is 20.4 Å². The number of nitrogens with one attached hydrogen (secondary N) is 1. The minimum Gasteiger partial charge on any atom is -0.267 e. The Morgan fingerprint density at radius 2 is 1.93 bits per heavy atom. The predicted octanol–water partition coefficient (Wildman–Crippen LogP) is 3.35. The van der Waals surface area contributed by atoms with Gasteiger partial charge in [0.25, 0.3) is 11.5 Å². The third-order valence-corrected chi connectivity index (χ3v) is 5.03. The van der Waals surface area contributed by atoms with Crippen molar-refractivity contribution in [3.63, 3.8) is 0 Å². The van der Waals surface area contributed by atoms with Crippen molar-refractivity contribution >= 4 is 32.9 Å². The highest BCUT2D eigenvalue weighted by Crippen LogP contribution is 2.17. The number of hydrogen-bond donors (Lipinski definition) is 1. The van der Waals surface area contributed by atoms with Crippen molar-refractivity contribution < 1.29 is 4.79 Å². The van der Waals surface area contributed by atoms with Crippen LogP contribution in [-0.4, -0.2) is 25.3 Å². The predicted molar refractivity (Wildman–Crippen MR) is 110 cm³/mol. The Kier molecular flexibility index (Phi) is 4.56. The van der Waals surface area contributed by atoms with Crippen LogP contribution in [0.1, 0.15) is 21.5 Å². The molecular formula is C20H16BrN5O2. The lowest BCUT2D eigenvalue weighted by Gasteiger charge is -2.09. The summed E-state index contributed by atoms with van der Waals surface area (Å²) in [5.41, 5.74) is 6.13. The molecule has 0 aliphatic rings. The molecule has 0 saturated carbocycles. The lowest BCUT2D eigenvalue weighted by Crippen LogP contribution is -2.33. The molecule has 140 valence electrons. The molecule has 2 aromatic heterocycles. The van der Waals surface area contributed by atoms with Crippen LogP contribution in [0.2, 0.25) is 0 Å². The number of nitrogens with zero attached hydrogens (tertiary/aromatic N) is 4. The topological polar surface area (TPSA) is 81.8 Å². The highest BCUT2D eigenvalue weighted by molar-refractivity contribution is 9.10. The lowest BCUT2D eigenvalue weighted by molar-refractivity contribution is 0.101. The van der Waals surface area contributed by atoms with Gasteiger partial charge in [-0.3, -0.25) is 15.0 Å². The molecule has 4 rings (SSSR count). The average molecular weight is 438 g/mol. The Morgan fingerprint density at radius 1 is 1.11 bits per heavy atom. The summed E-state index contributed by atoms with van der Waals surface area (Å²) in [7, 11) is 0. The normalized spacial score (nSPS) is 11.0. The molecule has 2 aromatic carbocycles. The van der Waals surface area contributed by atoms with E-state index in [2.05, 4.69) is 31.4 Å². The largest absolute Gasteiger partial charge is 0.283 e. The number of aryl methyl sites for hydroxylation is 2. The van der Waals surface area contributed by atoms with E-state index in [1.807, 2.05) is 38.1 Å². The Labute approximate surface area is 168 Å². The standard InChI is InChI=1S/C20H16BrN5O2/c1-12-6-7-16(8-13(12)2)26-18-17(10-23-26)20(28)25(11-22-18)24-19(27)14-4-3-5-15(21)9-14/h3-11H,1-2H3,(H,24,27). The fourth-order valence-corrected chi connectivity index (χ4v) is 3.24. The Balaban J connectivity index is 1.71. The van der Waals surface area contributed by atoms with Gasteiger partial charge >= 0.3 is 0 Å². The van der Waals surface area contributed by atoms with Crippen LogP contribution in [0.4, 0.5) is 0 Å². The van der Waals surface area contributed by atoms with Gasteiger partial charge in [-0.15, -0.1) is 0 Å². The second-order valence-electron chi connectivity index (χ2n) is 6.43. The first-order chi connectivity index (χ1) is 13.4. The van der Waals surface area contributed by atoms with Crippen molar-refractivity contribution in [3.05, 3.63) is 86.5 Å². The summed E-state index contributed by atoms with van der Waals surface area (Å²) in [6, 6.07) is 12.8. The third kappa shape index (κ3) is 3.22. The fraction of sp³-hybridized carbons (Fsp3) is 0.100. The van der Waals surface area contributed by atoms with Crippen molar-refractivity contribution in [2.24, 2.45) is 0 Å². The van der Waals surface area contributed by atoms with E-state index < -0.39 is 11.5 Å². The number of benzene rings is 2. The van der Waals surface area contributed by atoms with Crippen molar-refractivity contribution in [3.8, 4) is 5.69 Å². The number of hydrogen-bond acceptors (Lipinski definition) is 4. The molecule has 28 heavy (non-hydrogen) atoms. The van der Waals surface area contributed by atoms with E-state index in [0.29, 0.717) is 16.6 Å². The number of aromatic nitrogens is 4. The Morgan fingerprint density at radius 3 is 2.68 bits per heavy atom. The Hall–Kier alpha value is -3.26. The van der Waals surface area contributed by atoms with Crippen LogP contribution >= 0.6 is 15.9 Å². The smallest absolute Gasteiger partial charge is 0.267 e. The molecule has 0 saturated heterocycles. The SMILES string of the molecule is Cc1ccc(-n2ncc3c(=O)n(NC(=O)c4cccc(Br)c4)cnc32)cc1C. The van der Waals surface area contributed by atoms with Gasteiger partial charge in [-0.05, 0) is 55.3 Å². The van der Waals surface area contributed by atoms with Crippen LogP contribution in [0.3, 0.4) is 0 Å². The first kappa shape index (κ1) is 18.1. The summed E-state index contributed by atoms with van der Waals surface area (Å²) in [5, 5.41) is 4.62. The molecule has 8 heteroatoms. The quantitative estimate of drug-likeness (QED) is 0.532. The van der Waals surface area contributed by atoms with Gasteiger partial charge < -0.3 is 0 Å². The summed E-state index contributed by atoms with van der Waals surface area (Å²) >= 11 is 3.33. The molecule has 1 amide bonds. The summed E-state index contributed by atoms with van der Waals surface area (Å²) in [6.45, 7) is 4.05.